The number of carbonyl (C=O) groups excluding carboxylic acids is 2. The zero-order valence-corrected chi connectivity index (χ0v) is 8.68. The van der Waals surface area contributed by atoms with Crippen molar-refractivity contribution >= 4 is 17.6 Å². The second-order valence-corrected chi connectivity index (χ2v) is 3.82. The third kappa shape index (κ3) is 1.62. The number of amides is 2. The van der Waals surface area contributed by atoms with Gasteiger partial charge in [-0.15, -0.1) is 0 Å². The molecule has 0 aliphatic carbocycles. The van der Waals surface area contributed by atoms with Gasteiger partial charge in [-0.2, -0.15) is 0 Å². The number of nitrogens with one attached hydrogen (secondary N) is 2. The summed E-state index contributed by atoms with van der Waals surface area (Å²) >= 11 is 0. The molecule has 0 aromatic rings. The molecule has 1 aliphatic rings. The van der Waals surface area contributed by atoms with Crippen LogP contribution in [0.5, 0.6) is 0 Å². The molecule has 0 radical (unpaired) electrons. The highest BCUT2D eigenvalue weighted by Gasteiger charge is 2.41. The Bertz CT molecular complexity index is 296. The fourth-order valence-electron chi connectivity index (χ4n) is 1.41. The first-order valence-electron chi connectivity index (χ1n) is 4.59. The third-order valence-corrected chi connectivity index (χ3v) is 2.45. The van der Waals surface area contributed by atoms with Crippen LogP contribution in [0.4, 0.5) is 0 Å². The van der Waals surface area contributed by atoms with E-state index in [1.807, 2.05) is 6.92 Å². The van der Waals surface area contributed by atoms with Crippen LogP contribution in [-0.2, 0) is 9.59 Å². The number of nitrogens with zero attached hydrogens (tertiary/aromatic N) is 1. The largest absolute Gasteiger partial charge is 0.337 e. The zero-order valence-electron chi connectivity index (χ0n) is 8.68. The monoisotopic (exact) mass is 197 g/mol. The van der Waals surface area contributed by atoms with Crippen LogP contribution < -0.4 is 5.32 Å². The SMILES string of the molecule is CCC(=N)N1CC(=O)NC(=O)C1(C)C. The van der Waals surface area contributed by atoms with Crippen molar-refractivity contribution in [1.82, 2.24) is 10.2 Å². The van der Waals surface area contributed by atoms with Gasteiger partial charge in [-0.1, -0.05) is 6.92 Å². The summed E-state index contributed by atoms with van der Waals surface area (Å²) in [6, 6.07) is 0. The molecule has 0 spiro atoms. The van der Waals surface area contributed by atoms with Gasteiger partial charge in [0.2, 0.25) is 5.91 Å². The molecule has 2 amide bonds. The van der Waals surface area contributed by atoms with E-state index in [2.05, 4.69) is 5.32 Å². The van der Waals surface area contributed by atoms with Crippen molar-refractivity contribution < 1.29 is 9.59 Å². The van der Waals surface area contributed by atoms with Crippen molar-refractivity contribution in [3.05, 3.63) is 0 Å². The molecule has 14 heavy (non-hydrogen) atoms. The van der Waals surface area contributed by atoms with E-state index in [-0.39, 0.29) is 18.4 Å². The van der Waals surface area contributed by atoms with Gasteiger partial charge in [0.15, 0.2) is 0 Å². The summed E-state index contributed by atoms with van der Waals surface area (Å²) in [4.78, 5) is 24.1. The van der Waals surface area contributed by atoms with Crippen LogP contribution in [0.1, 0.15) is 27.2 Å². The highest BCUT2D eigenvalue weighted by atomic mass is 16.2. The maximum absolute atomic E-state index is 11.5. The van der Waals surface area contributed by atoms with Crippen molar-refractivity contribution in [2.45, 2.75) is 32.7 Å². The lowest BCUT2D eigenvalue weighted by Crippen LogP contribution is -2.65. The van der Waals surface area contributed by atoms with Gasteiger partial charge >= 0.3 is 0 Å². The van der Waals surface area contributed by atoms with Crippen LogP contribution in [0.25, 0.3) is 0 Å². The van der Waals surface area contributed by atoms with E-state index >= 15 is 0 Å². The average Bonchev–Trinajstić information content (AvgIpc) is 2.10. The lowest BCUT2D eigenvalue weighted by molar-refractivity contribution is -0.141. The molecule has 1 aliphatic heterocycles. The minimum absolute atomic E-state index is 0.0887. The van der Waals surface area contributed by atoms with Crippen LogP contribution in [0, 0.1) is 5.41 Å². The first-order valence-corrected chi connectivity index (χ1v) is 4.59. The molecule has 0 atom stereocenters. The number of imide groups is 1. The zero-order chi connectivity index (χ0) is 10.9. The third-order valence-electron chi connectivity index (χ3n) is 2.45. The molecule has 78 valence electrons. The summed E-state index contributed by atoms with van der Waals surface area (Å²) in [5, 5.41) is 9.92. The summed E-state index contributed by atoms with van der Waals surface area (Å²) in [6.07, 6.45) is 0.518. The molecular weight excluding hydrogens is 182 g/mol. The maximum atomic E-state index is 11.5. The van der Waals surface area contributed by atoms with E-state index in [0.29, 0.717) is 12.3 Å². The standard InChI is InChI=1S/C9H15N3O2/c1-4-6(10)12-5-7(13)11-8(14)9(12,2)3/h10H,4-5H2,1-3H3,(H,11,13,14). The Balaban J connectivity index is 2.96. The first-order chi connectivity index (χ1) is 6.39. The van der Waals surface area contributed by atoms with Crippen molar-refractivity contribution in [1.29, 1.82) is 5.41 Å². The maximum Gasteiger partial charge on any atom is 0.251 e. The molecule has 5 heteroatoms. The predicted molar refractivity (Wildman–Crippen MR) is 52.0 cm³/mol. The van der Waals surface area contributed by atoms with E-state index in [9.17, 15) is 9.59 Å². The van der Waals surface area contributed by atoms with Gasteiger partial charge in [-0.05, 0) is 13.8 Å². The first kappa shape index (κ1) is 10.7. The Morgan fingerprint density at radius 1 is 1.57 bits per heavy atom. The van der Waals surface area contributed by atoms with Crippen LogP contribution in [0.3, 0.4) is 0 Å². The van der Waals surface area contributed by atoms with Crippen LogP contribution in [-0.4, -0.2) is 34.6 Å². The summed E-state index contributed by atoms with van der Waals surface area (Å²) in [6.45, 7) is 5.33. The minimum Gasteiger partial charge on any atom is -0.337 e. The van der Waals surface area contributed by atoms with Crippen LogP contribution in [0.15, 0.2) is 0 Å². The highest BCUT2D eigenvalue weighted by Crippen LogP contribution is 2.18. The molecule has 0 saturated carbocycles. The highest BCUT2D eigenvalue weighted by molar-refractivity contribution is 6.06. The summed E-state index contributed by atoms with van der Waals surface area (Å²) in [5.41, 5.74) is -0.805. The number of hydrogen-bond donors (Lipinski definition) is 2. The molecule has 0 bridgehead atoms. The van der Waals surface area contributed by atoms with Gasteiger partial charge in [0.05, 0.1) is 12.4 Å². The summed E-state index contributed by atoms with van der Waals surface area (Å²) in [5.74, 6) is -0.363. The van der Waals surface area contributed by atoms with Crippen molar-refractivity contribution in [2.75, 3.05) is 6.54 Å². The molecule has 1 heterocycles. The normalized spacial score (nSPS) is 20.6. The number of amidine groups is 1. The fourth-order valence-corrected chi connectivity index (χ4v) is 1.41. The van der Waals surface area contributed by atoms with Crippen molar-refractivity contribution in [2.24, 2.45) is 0 Å². The predicted octanol–water partition coefficient (Wildman–Crippen LogP) is 0.111. The van der Waals surface area contributed by atoms with Gasteiger partial charge in [0.25, 0.3) is 5.91 Å². The van der Waals surface area contributed by atoms with E-state index in [4.69, 9.17) is 5.41 Å². The topological polar surface area (TPSA) is 73.3 Å². The Hall–Kier alpha value is -1.39. The lowest BCUT2D eigenvalue weighted by Gasteiger charge is -2.41. The number of rotatable bonds is 1. The van der Waals surface area contributed by atoms with Gasteiger partial charge in [-0.25, -0.2) is 0 Å². The quantitative estimate of drug-likeness (QED) is 0.356. The molecule has 0 aromatic carbocycles. The smallest absolute Gasteiger partial charge is 0.251 e. The van der Waals surface area contributed by atoms with E-state index < -0.39 is 5.54 Å². The Labute approximate surface area is 83.0 Å². The summed E-state index contributed by atoms with van der Waals surface area (Å²) in [7, 11) is 0. The number of hydrogen-bond acceptors (Lipinski definition) is 3. The Kier molecular flexibility index (Phi) is 2.59. The second-order valence-electron chi connectivity index (χ2n) is 3.82. The van der Waals surface area contributed by atoms with Crippen molar-refractivity contribution in [3.63, 3.8) is 0 Å². The molecule has 2 N–H and O–H groups in total. The average molecular weight is 197 g/mol. The Morgan fingerprint density at radius 2 is 2.14 bits per heavy atom. The molecule has 1 rings (SSSR count). The molecule has 1 saturated heterocycles. The second kappa shape index (κ2) is 3.40. The van der Waals surface area contributed by atoms with Crippen LogP contribution >= 0.6 is 0 Å². The molecular formula is C9H15N3O2. The lowest BCUT2D eigenvalue weighted by atomic mass is 9.98. The number of carbonyl (C=O) groups is 2. The molecule has 1 fully saturated rings. The summed E-state index contributed by atoms with van der Waals surface area (Å²) < 4.78 is 0. The Morgan fingerprint density at radius 3 is 2.64 bits per heavy atom. The fraction of sp³-hybridized carbons (Fsp3) is 0.667. The van der Waals surface area contributed by atoms with Crippen molar-refractivity contribution in [3.8, 4) is 0 Å². The van der Waals surface area contributed by atoms with E-state index in [0.717, 1.165) is 0 Å². The molecule has 0 unspecified atom stereocenters. The van der Waals surface area contributed by atoms with Gasteiger partial charge in [0.1, 0.15) is 5.54 Å². The molecule has 0 aromatic heterocycles. The van der Waals surface area contributed by atoms with Gasteiger partial charge in [0, 0.05) is 6.42 Å². The van der Waals surface area contributed by atoms with E-state index in [1.165, 1.54) is 4.90 Å². The minimum atomic E-state index is -0.805. The van der Waals surface area contributed by atoms with Gasteiger partial charge < -0.3 is 4.90 Å². The molecule has 5 nitrogen and oxygen atoms in total. The van der Waals surface area contributed by atoms with E-state index in [1.54, 1.807) is 13.8 Å². The van der Waals surface area contributed by atoms with Gasteiger partial charge in [-0.3, -0.25) is 20.3 Å². The number of piperazine rings is 1. The van der Waals surface area contributed by atoms with Crippen LogP contribution in [0.2, 0.25) is 0 Å².